The van der Waals surface area contributed by atoms with Crippen molar-refractivity contribution >= 4 is 10.1 Å². The third kappa shape index (κ3) is 15.3. The van der Waals surface area contributed by atoms with Crippen LogP contribution in [0.3, 0.4) is 0 Å². The molecule has 21 heavy (non-hydrogen) atoms. The van der Waals surface area contributed by atoms with E-state index in [1.54, 1.807) is 0 Å². The molecule has 0 aliphatic carbocycles. The number of rotatable bonds is 9. The first-order valence-electron chi connectivity index (χ1n) is 7.83. The summed E-state index contributed by atoms with van der Waals surface area (Å²) in [6, 6.07) is 4.12. The Morgan fingerprint density at radius 2 is 1.71 bits per heavy atom. The van der Waals surface area contributed by atoms with Crippen molar-refractivity contribution in [1.29, 1.82) is 0 Å². The first-order valence-corrected chi connectivity index (χ1v) is 9.44. The van der Waals surface area contributed by atoms with E-state index in [9.17, 15) is 8.42 Å². The van der Waals surface area contributed by atoms with Gasteiger partial charge < -0.3 is 0 Å². The number of aryl methyl sites for hydroxylation is 1. The van der Waals surface area contributed by atoms with Crippen LogP contribution in [0.4, 0.5) is 0 Å². The molecule has 1 heterocycles. The fraction of sp³-hybridized carbons (Fsp3) is 0.688. The number of pyridine rings is 1. The van der Waals surface area contributed by atoms with Crippen LogP contribution in [-0.2, 0) is 16.5 Å². The minimum atomic E-state index is -3.71. The van der Waals surface area contributed by atoms with Crippen LogP contribution in [0.15, 0.2) is 24.5 Å². The maximum atomic E-state index is 10.2. The van der Waals surface area contributed by atoms with Gasteiger partial charge in [0.15, 0.2) is 0 Å². The molecule has 0 aliphatic heterocycles. The van der Waals surface area contributed by atoms with Gasteiger partial charge in [0.05, 0.1) is 5.75 Å². The van der Waals surface area contributed by atoms with Gasteiger partial charge in [-0.1, -0.05) is 52.0 Å². The molecule has 0 atom stereocenters. The van der Waals surface area contributed by atoms with Crippen molar-refractivity contribution in [2.45, 2.75) is 65.2 Å². The largest absolute Gasteiger partial charge is 0.286 e. The number of unbranched alkanes of at least 4 members (excludes halogenated alkanes) is 5. The molecular formula is C16H29NO3S. The van der Waals surface area contributed by atoms with Crippen molar-refractivity contribution in [2.24, 2.45) is 0 Å². The second-order valence-corrected chi connectivity index (χ2v) is 6.74. The van der Waals surface area contributed by atoms with Crippen LogP contribution in [-0.4, -0.2) is 23.7 Å². The lowest BCUT2D eigenvalue weighted by atomic mass is 10.1. The Morgan fingerprint density at radius 1 is 1.05 bits per heavy atom. The third-order valence-corrected chi connectivity index (χ3v) is 3.85. The van der Waals surface area contributed by atoms with Gasteiger partial charge >= 0.3 is 0 Å². The predicted octanol–water partition coefficient (Wildman–Crippen LogP) is 4.27. The van der Waals surface area contributed by atoms with Crippen LogP contribution >= 0.6 is 0 Å². The summed E-state index contributed by atoms with van der Waals surface area (Å²) < 4.78 is 28.8. The summed E-state index contributed by atoms with van der Waals surface area (Å²) in [5, 5.41) is 0. The van der Waals surface area contributed by atoms with Gasteiger partial charge in [-0.2, -0.15) is 8.42 Å². The average molecular weight is 315 g/mol. The molecule has 1 aromatic rings. The molecule has 0 unspecified atom stereocenters. The predicted molar refractivity (Wildman–Crippen MR) is 88.0 cm³/mol. The van der Waals surface area contributed by atoms with Crippen LogP contribution in [0, 0.1) is 0 Å². The Morgan fingerprint density at radius 3 is 2.24 bits per heavy atom. The Balaban J connectivity index is 0.000000382. The molecule has 122 valence electrons. The van der Waals surface area contributed by atoms with Gasteiger partial charge in [0.25, 0.3) is 10.1 Å². The molecule has 0 saturated heterocycles. The Bertz CT molecular complexity index is 432. The van der Waals surface area contributed by atoms with Crippen molar-refractivity contribution in [2.75, 3.05) is 5.75 Å². The molecule has 0 aromatic carbocycles. The fourth-order valence-electron chi connectivity index (χ4n) is 1.81. The van der Waals surface area contributed by atoms with Gasteiger partial charge in [0, 0.05) is 12.4 Å². The highest BCUT2D eigenvalue weighted by Gasteiger charge is 2.02. The maximum absolute atomic E-state index is 10.2. The van der Waals surface area contributed by atoms with E-state index < -0.39 is 10.1 Å². The SMILES string of the molecule is CCCCCCCS(=O)(=O)O.CCCCc1cccnc1. The minimum absolute atomic E-state index is 0.0866. The highest BCUT2D eigenvalue weighted by Crippen LogP contribution is 2.03. The maximum Gasteiger partial charge on any atom is 0.264 e. The quantitative estimate of drug-likeness (QED) is 0.546. The van der Waals surface area contributed by atoms with Crippen molar-refractivity contribution in [3.8, 4) is 0 Å². The molecule has 1 aromatic heterocycles. The lowest BCUT2D eigenvalue weighted by molar-refractivity contribution is 0.479. The standard InChI is InChI=1S/C9H13N.C7H16O3S/c1-2-3-5-9-6-4-7-10-8-9;1-2-3-4-5-6-7-11(8,9)10/h4,6-8H,2-3,5H2,1H3;2-7H2,1H3,(H,8,9,10). The molecule has 0 saturated carbocycles. The molecule has 5 heteroatoms. The highest BCUT2D eigenvalue weighted by molar-refractivity contribution is 7.85. The van der Waals surface area contributed by atoms with Gasteiger partial charge in [-0.25, -0.2) is 0 Å². The smallest absolute Gasteiger partial charge is 0.264 e. The van der Waals surface area contributed by atoms with Crippen LogP contribution < -0.4 is 0 Å². The molecule has 0 amide bonds. The zero-order valence-corrected chi connectivity index (χ0v) is 14.1. The molecule has 0 bridgehead atoms. The molecule has 0 fully saturated rings. The van der Waals surface area contributed by atoms with Crippen molar-refractivity contribution in [3.05, 3.63) is 30.1 Å². The summed E-state index contributed by atoms with van der Waals surface area (Å²) in [6.07, 6.45) is 12.3. The number of nitrogens with zero attached hydrogens (tertiary/aromatic N) is 1. The minimum Gasteiger partial charge on any atom is -0.286 e. The van der Waals surface area contributed by atoms with E-state index in [0.717, 1.165) is 25.7 Å². The van der Waals surface area contributed by atoms with Gasteiger partial charge in [0.2, 0.25) is 0 Å². The van der Waals surface area contributed by atoms with Crippen molar-refractivity contribution in [1.82, 2.24) is 4.98 Å². The topological polar surface area (TPSA) is 67.3 Å². The molecule has 1 rings (SSSR count). The van der Waals surface area contributed by atoms with E-state index in [1.807, 2.05) is 18.5 Å². The van der Waals surface area contributed by atoms with E-state index in [2.05, 4.69) is 24.9 Å². The molecule has 1 N–H and O–H groups in total. The summed E-state index contributed by atoms with van der Waals surface area (Å²) in [5.41, 5.74) is 1.35. The zero-order valence-electron chi connectivity index (χ0n) is 13.3. The lowest BCUT2D eigenvalue weighted by Crippen LogP contribution is -2.03. The molecule has 0 spiro atoms. The Labute approximate surface area is 129 Å². The van der Waals surface area contributed by atoms with E-state index in [1.165, 1.54) is 24.8 Å². The monoisotopic (exact) mass is 315 g/mol. The van der Waals surface area contributed by atoms with Crippen LogP contribution in [0.1, 0.15) is 64.4 Å². The molecule has 0 aliphatic rings. The van der Waals surface area contributed by atoms with E-state index in [-0.39, 0.29) is 5.75 Å². The van der Waals surface area contributed by atoms with E-state index in [4.69, 9.17) is 4.55 Å². The zero-order chi connectivity index (χ0) is 16.0. The summed E-state index contributed by atoms with van der Waals surface area (Å²) >= 11 is 0. The summed E-state index contributed by atoms with van der Waals surface area (Å²) in [5.74, 6) is -0.0866. The van der Waals surface area contributed by atoms with E-state index >= 15 is 0 Å². The van der Waals surface area contributed by atoms with Crippen LogP contribution in [0.2, 0.25) is 0 Å². The first-order chi connectivity index (χ1) is 9.99. The normalized spacial score (nSPS) is 10.8. The number of hydrogen-bond acceptors (Lipinski definition) is 3. The first kappa shape index (κ1) is 20.1. The Hall–Kier alpha value is -0.940. The van der Waals surface area contributed by atoms with Crippen molar-refractivity contribution in [3.63, 3.8) is 0 Å². The summed E-state index contributed by atoms with van der Waals surface area (Å²) in [6.45, 7) is 4.30. The second-order valence-electron chi connectivity index (χ2n) is 5.17. The van der Waals surface area contributed by atoms with Crippen molar-refractivity contribution < 1.29 is 13.0 Å². The third-order valence-electron chi connectivity index (χ3n) is 3.05. The molecular weight excluding hydrogens is 286 g/mol. The Kier molecular flexibility index (Phi) is 12.2. The highest BCUT2D eigenvalue weighted by atomic mass is 32.2. The van der Waals surface area contributed by atoms with Gasteiger partial charge in [-0.3, -0.25) is 9.54 Å². The molecule has 0 radical (unpaired) electrons. The number of aromatic nitrogens is 1. The second kappa shape index (κ2) is 12.8. The van der Waals surface area contributed by atoms with Gasteiger partial charge in [-0.15, -0.1) is 0 Å². The van der Waals surface area contributed by atoms with Gasteiger partial charge in [0.1, 0.15) is 0 Å². The van der Waals surface area contributed by atoms with E-state index in [0.29, 0.717) is 6.42 Å². The lowest BCUT2D eigenvalue weighted by Gasteiger charge is -1.96. The summed E-state index contributed by atoms with van der Waals surface area (Å²) in [4.78, 5) is 4.04. The fourth-order valence-corrected chi connectivity index (χ4v) is 2.38. The van der Waals surface area contributed by atoms with Gasteiger partial charge in [-0.05, 0) is 30.9 Å². The van der Waals surface area contributed by atoms with Crippen LogP contribution in [0.25, 0.3) is 0 Å². The summed E-state index contributed by atoms with van der Waals surface area (Å²) in [7, 11) is -3.71. The number of hydrogen-bond donors (Lipinski definition) is 1. The van der Waals surface area contributed by atoms with Crippen LogP contribution in [0.5, 0.6) is 0 Å². The average Bonchev–Trinajstić information content (AvgIpc) is 2.45. The molecule has 4 nitrogen and oxygen atoms in total.